The fourth-order valence-electron chi connectivity index (χ4n) is 4.37. The Balaban J connectivity index is 1.44. The molecule has 0 spiro atoms. The van der Waals surface area contributed by atoms with E-state index in [0.29, 0.717) is 0 Å². The Hall–Kier alpha value is -1.89. The highest BCUT2D eigenvalue weighted by Gasteiger charge is 2.24. The summed E-state index contributed by atoms with van der Waals surface area (Å²) >= 11 is 6.09. The minimum absolute atomic E-state index is 0.0101. The molecular weight excluding hydrogens is 386 g/mol. The van der Waals surface area contributed by atoms with Gasteiger partial charge in [-0.25, -0.2) is 4.68 Å². The number of aryl methyl sites for hydroxylation is 1. The second kappa shape index (κ2) is 8.86. The summed E-state index contributed by atoms with van der Waals surface area (Å²) < 4.78 is 1.69. The Bertz CT molecular complexity index is 906. The van der Waals surface area contributed by atoms with E-state index < -0.39 is 0 Å². The van der Waals surface area contributed by atoms with Crippen molar-refractivity contribution in [1.29, 1.82) is 0 Å². The zero-order valence-corrected chi connectivity index (χ0v) is 18.1. The predicted molar refractivity (Wildman–Crippen MR) is 118 cm³/mol. The van der Waals surface area contributed by atoms with Crippen molar-refractivity contribution in [2.45, 2.75) is 32.4 Å². The van der Waals surface area contributed by atoms with E-state index in [0.717, 1.165) is 69.4 Å². The number of likely N-dealkylation sites (N-methyl/N-ethyl adjacent to an activating group) is 1. The molecule has 2 aliphatic rings. The Morgan fingerprint density at radius 3 is 2.66 bits per heavy atom. The number of rotatable bonds is 4. The van der Waals surface area contributed by atoms with Gasteiger partial charge in [0, 0.05) is 50.4 Å². The van der Waals surface area contributed by atoms with Gasteiger partial charge in [-0.1, -0.05) is 17.7 Å². The average Bonchev–Trinajstić information content (AvgIpc) is 2.71. The van der Waals surface area contributed by atoms with Crippen LogP contribution in [0.5, 0.6) is 0 Å². The van der Waals surface area contributed by atoms with E-state index in [1.807, 2.05) is 18.3 Å². The van der Waals surface area contributed by atoms with Crippen LogP contribution in [0.2, 0.25) is 5.02 Å². The van der Waals surface area contributed by atoms with Crippen LogP contribution >= 0.6 is 11.6 Å². The number of nitrogens with zero attached hydrogens (tertiary/aromatic N) is 5. The second-order valence-electron chi connectivity index (χ2n) is 8.39. The summed E-state index contributed by atoms with van der Waals surface area (Å²) in [4.78, 5) is 19.8. The largest absolute Gasteiger partial charge is 0.368 e. The molecule has 7 heteroatoms. The number of halogens is 1. The highest BCUT2D eigenvalue weighted by atomic mass is 35.5. The molecule has 4 rings (SSSR count). The quantitative estimate of drug-likeness (QED) is 0.768. The summed E-state index contributed by atoms with van der Waals surface area (Å²) in [6, 6.07) is 7.97. The van der Waals surface area contributed by atoms with Crippen LogP contribution < -0.4 is 10.5 Å². The Kier molecular flexibility index (Phi) is 6.23. The first-order valence-electron chi connectivity index (χ1n) is 10.5. The van der Waals surface area contributed by atoms with Crippen molar-refractivity contribution in [1.82, 2.24) is 19.6 Å². The molecule has 0 amide bonds. The number of benzene rings is 1. The summed E-state index contributed by atoms with van der Waals surface area (Å²) in [5.74, 6) is 0. The molecule has 3 heterocycles. The summed E-state index contributed by atoms with van der Waals surface area (Å²) in [6.07, 6.45) is 3.94. The molecule has 2 aromatic rings. The molecule has 29 heavy (non-hydrogen) atoms. The molecule has 156 valence electrons. The summed E-state index contributed by atoms with van der Waals surface area (Å²) in [5.41, 5.74) is 3.46. The Morgan fingerprint density at radius 1 is 1.14 bits per heavy atom. The van der Waals surface area contributed by atoms with Crippen molar-refractivity contribution in [2.24, 2.45) is 0 Å². The van der Waals surface area contributed by atoms with Crippen molar-refractivity contribution in [3.8, 4) is 0 Å². The number of piperidine rings is 1. The SMILES string of the molecule is Cc1cc(Cl)ccc1CN1CCCC(n2ncc(N3CCN(C)CC3)cc2=O)C1. The zero-order chi connectivity index (χ0) is 20.4. The van der Waals surface area contributed by atoms with Gasteiger partial charge in [0.25, 0.3) is 5.56 Å². The Morgan fingerprint density at radius 2 is 1.93 bits per heavy atom. The van der Waals surface area contributed by atoms with Crippen LogP contribution in [0.15, 0.2) is 35.3 Å². The van der Waals surface area contributed by atoms with Crippen molar-refractivity contribution < 1.29 is 0 Å². The number of hydrogen-bond acceptors (Lipinski definition) is 5. The molecule has 0 saturated carbocycles. The van der Waals surface area contributed by atoms with Gasteiger partial charge in [-0.05, 0) is 56.6 Å². The smallest absolute Gasteiger partial charge is 0.269 e. The highest BCUT2D eigenvalue weighted by Crippen LogP contribution is 2.24. The van der Waals surface area contributed by atoms with Crippen LogP contribution in [0.4, 0.5) is 5.69 Å². The van der Waals surface area contributed by atoms with Crippen molar-refractivity contribution in [3.05, 3.63) is 57.0 Å². The van der Waals surface area contributed by atoms with Gasteiger partial charge in [0.15, 0.2) is 0 Å². The van der Waals surface area contributed by atoms with Gasteiger partial charge in [-0.15, -0.1) is 0 Å². The minimum Gasteiger partial charge on any atom is -0.368 e. The summed E-state index contributed by atoms with van der Waals surface area (Å²) in [7, 11) is 2.13. The molecule has 1 unspecified atom stereocenters. The van der Waals surface area contributed by atoms with Gasteiger partial charge in [-0.3, -0.25) is 9.69 Å². The molecule has 1 atom stereocenters. The molecule has 0 N–H and O–H groups in total. The van der Waals surface area contributed by atoms with Crippen LogP contribution in [-0.2, 0) is 6.54 Å². The third-order valence-electron chi connectivity index (χ3n) is 6.21. The van der Waals surface area contributed by atoms with Gasteiger partial charge in [-0.2, -0.15) is 5.10 Å². The van der Waals surface area contributed by atoms with E-state index in [2.05, 4.69) is 39.8 Å². The lowest BCUT2D eigenvalue weighted by atomic mass is 10.0. The molecule has 2 saturated heterocycles. The molecule has 2 fully saturated rings. The molecule has 6 nitrogen and oxygen atoms in total. The van der Waals surface area contributed by atoms with E-state index in [-0.39, 0.29) is 11.6 Å². The lowest BCUT2D eigenvalue weighted by Crippen LogP contribution is -2.45. The minimum atomic E-state index is 0.0101. The van der Waals surface area contributed by atoms with Gasteiger partial charge in [0.05, 0.1) is 17.9 Å². The van der Waals surface area contributed by atoms with Gasteiger partial charge in [0.2, 0.25) is 0 Å². The van der Waals surface area contributed by atoms with E-state index in [1.165, 1.54) is 11.1 Å². The first kappa shape index (κ1) is 20.4. The standard InChI is InChI=1S/C22H30ClN5O/c1-17-12-19(23)6-5-18(17)15-26-7-3-4-20(16-26)28-22(29)13-21(14-24-28)27-10-8-25(2)9-11-27/h5-6,12-14,20H,3-4,7-11,15-16H2,1-2H3. The van der Waals surface area contributed by atoms with E-state index in [9.17, 15) is 4.79 Å². The zero-order valence-electron chi connectivity index (χ0n) is 17.4. The van der Waals surface area contributed by atoms with E-state index in [1.54, 1.807) is 10.7 Å². The molecular formula is C22H30ClN5O. The number of likely N-dealkylation sites (tertiary alicyclic amines) is 1. The monoisotopic (exact) mass is 415 g/mol. The summed E-state index contributed by atoms with van der Waals surface area (Å²) in [5, 5.41) is 5.35. The van der Waals surface area contributed by atoms with E-state index in [4.69, 9.17) is 11.6 Å². The molecule has 0 radical (unpaired) electrons. The third-order valence-corrected chi connectivity index (χ3v) is 6.44. The van der Waals surface area contributed by atoms with Crippen LogP contribution in [0.1, 0.15) is 30.0 Å². The van der Waals surface area contributed by atoms with Crippen molar-refractivity contribution in [3.63, 3.8) is 0 Å². The van der Waals surface area contributed by atoms with Crippen LogP contribution in [0.3, 0.4) is 0 Å². The highest BCUT2D eigenvalue weighted by molar-refractivity contribution is 6.30. The third kappa shape index (κ3) is 4.82. The number of piperazine rings is 1. The first-order chi connectivity index (χ1) is 14.0. The second-order valence-corrected chi connectivity index (χ2v) is 8.83. The molecule has 1 aromatic heterocycles. The molecule has 0 aliphatic carbocycles. The summed E-state index contributed by atoms with van der Waals surface area (Å²) in [6.45, 7) is 8.81. The van der Waals surface area contributed by atoms with Crippen LogP contribution in [-0.4, -0.2) is 65.9 Å². The van der Waals surface area contributed by atoms with Crippen molar-refractivity contribution >= 4 is 17.3 Å². The van der Waals surface area contributed by atoms with Crippen LogP contribution in [0, 0.1) is 6.92 Å². The number of hydrogen-bond donors (Lipinski definition) is 0. The predicted octanol–water partition coefficient (Wildman–Crippen LogP) is 2.79. The molecule has 2 aliphatic heterocycles. The maximum Gasteiger partial charge on any atom is 0.269 e. The fourth-order valence-corrected chi connectivity index (χ4v) is 4.60. The lowest BCUT2D eigenvalue weighted by Gasteiger charge is -2.35. The Labute approximate surface area is 177 Å². The number of anilines is 1. The van der Waals surface area contributed by atoms with Gasteiger partial charge < -0.3 is 9.80 Å². The van der Waals surface area contributed by atoms with Crippen LogP contribution in [0.25, 0.3) is 0 Å². The van der Waals surface area contributed by atoms with E-state index >= 15 is 0 Å². The number of aromatic nitrogens is 2. The lowest BCUT2D eigenvalue weighted by molar-refractivity contribution is 0.159. The van der Waals surface area contributed by atoms with Gasteiger partial charge >= 0.3 is 0 Å². The molecule has 1 aromatic carbocycles. The average molecular weight is 416 g/mol. The molecule has 0 bridgehead atoms. The topological polar surface area (TPSA) is 44.6 Å². The van der Waals surface area contributed by atoms with Crippen molar-refractivity contribution in [2.75, 3.05) is 51.2 Å². The fraction of sp³-hybridized carbons (Fsp3) is 0.545. The normalized spacial score (nSPS) is 21.5. The maximum atomic E-state index is 12.8. The maximum absolute atomic E-state index is 12.8. The van der Waals surface area contributed by atoms with Gasteiger partial charge in [0.1, 0.15) is 0 Å². The first-order valence-corrected chi connectivity index (χ1v) is 10.9.